The molecule has 0 bridgehead atoms. The van der Waals surface area contributed by atoms with Gasteiger partial charge in [-0.1, -0.05) is 19.4 Å². The Kier molecular flexibility index (Phi) is 8.07. The Labute approximate surface area is 125 Å². The van der Waals surface area contributed by atoms with Crippen LogP contribution in [0.5, 0.6) is 5.75 Å². The molecule has 20 heavy (non-hydrogen) atoms. The van der Waals surface area contributed by atoms with Crippen LogP contribution < -0.4 is 15.5 Å². The van der Waals surface area contributed by atoms with Crippen molar-refractivity contribution in [3.8, 4) is 5.75 Å². The van der Waals surface area contributed by atoms with Crippen molar-refractivity contribution in [2.75, 3.05) is 13.2 Å². The van der Waals surface area contributed by atoms with Gasteiger partial charge in [-0.2, -0.15) is 5.10 Å². The molecule has 0 spiro atoms. The first-order valence-corrected chi connectivity index (χ1v) is 7.07. The lowest BCUT2D eigenvalue weighted by Gasteiger charge is -2.05. The van der Waals surface area contributed by atoms with Crippen molar-refractivity contribution in [1.82, 2.24) is 10.7 Å². The lowest BCUT2D eigenvalue weighted by molar-refractivity contribution is 0.309. The molecule has 1 aromatic carbocycles. The number of rotatable bonds is 8. The molecule has 0 heterocycles. The Morgan fingerprint density at radius 3 is 2.80 bits per heavy atom. The second-order valence-electron chi connectivity index (χ2n) is 4.14. The Bertz CT molecular complexity index is 443. The van der Waals surface area contributed by atoms with Crippen LogP contribution in [0.3, 0.4) is 0 Å². The summed E-state index contributed by atoms with van der Waals surface area (Å²) in [5.41, 5.74) is 3.71. The molecule has 0 amide bonds. The molecule has 0 saturated carbocycles. The van der Waals surface area contributed by atoms with Gasteiger partial charge in [0.1, 0.15) is 5.75 Å². The van der Waals surface area contributed by atoms with Crippen molar-refractivity contribution in [2.24, 2.45) is 5.10 Å². The maximum absolute atomic E-state index is 5.59. The second kappa shape index (κ2) is 9.97. The molecular formula is C15H21N3OS. The average molecular weight is 291 g/mol. The van der Waals surface area contributed by atoms with Crippen LogP contribution in [0.1, 0.15) is 25.3 Å². The van der Waals surface area contributed by atoms with Crippen molar-refractivity contribution in [3.05, 3.63) is 42.5 Å². The SMILES string of the molecule is C=CCNC(=S)N/N=C/c1ccc(OCCCC)cc1. The predicted octanol–water partition coefficient (Wildman–Crippen LogP) is 2.85. The zero-order chi connectivity index (χ0) is 14.6. The van der Waals surface area contributed by atoms with Crippen LogP contribution in [0.25, 0.3) is 0 Å². The summed E-state index contributed by atoms with van der Waals surface area (Å²) in [6, 6.07) is 7.77. The van der Waals surface area contributed by atoms with Crippen LogP contribution in [-0.4, -0.2) is 24.5 Å². The highest BCUT2D eigenvalue weighted by Gasteiger charge is 1.94. The van der Waals surface area contributed by atoms with E-state index in [2.05, 4.69) is 29.3 Å². The van der Waals surface area contributed by atoms with Crippen LogP contribution in [-0.2, 0) is 0 Å². The van der Waals surface area contributed by atoms with Gasteiger partial charge in [0.2, 0.25) is 0 Å². The number of hydrogen-bond donors (Lipinski definition) is 2. The summed E-state index contributed by atoms with van der Waals surface area (Å²) in [6.07, 6.45) is 5.64. The van der Waals surface area contributed by atoms with Crippen LogP contribution in [0.4, 0.5) is 0 Å². The van der Waals surface area contributed by atoms with E-state index in [-0.39, 0.29) is 0 Å². The molecule has 0 atom stereocenters. The number of unbranched alkanes of at least 4 members (excludes halogenated alkanes) is 1. The highest BCUT2D eigenvalue weighted by molar-refractivity contribution is 7.80. The van der Waals surface area contributed by atoms with Gasteiger partial charge >= 0.3 is 0 Å². The molecule has 0 radical (unpaired) electrons. The molecular weight excluding hydrogens is 270 g/mol. The van der Waals surface area contributed by atoms with E-state index in [0.29, 0.717) is 11.7 Å². The molecule has 0 aliphatic carbocycles. The van der Waals surface area contributed by atoms with E-state index in [9.17, 15) is 0 Å². The quantitative estimate of drug-likeness (QED) is 0.254. The van der Waals surface area contributed by atoms with Gasteiger partial charge in [-0.05, 0) is 48.5 Å². The van der Waals surface area contributed by atoms with Crippen molar-refractivity contribution in [3.63, 3.8) is 0 Å². The van der Waals surface area contributed by atoms with Crippen molar-refractivity contribution >= 4 is 23.5 Å². The number of hydrazone groups is 1. The first kappa shape index (κ1) is 16.2. The summed E-state index contributed by atoms with van der Waals surface area (Å²) in [6.45, 7) is 7.11. The third kappa shape index (κ3) is 6.89. The minimum atomic E-state index is 0.473. The predicted molar refractivity (Wildman–Crippen MR) is 88.4 cm³/mol. The van der Waals surface area contributed by atoms with Crippen LogP contribution in [0.2, 0.25) is 0 Å². The van der Waals surface area contributed by atoms with Crippen molar-refractivity contribution < 1.29 is 4.74 Å². The Hall–Kier alpha value is -1.88. The second-order valence-corrected chi connectivity index (χ2v) is 4.55. The normalized spacial score (nSPS) is 10.2. The monoisotopic (exact) mass is 291 g/mol. The van der Waals surface area contributed by atoms with E-state index in [4.69, 9.17) is 17.0 Å². The number of nitrogens with one attached hydrogen (secondary N) is 2. The smallest absolute Gasteiger partial charge is 0.187 e. The summed E-state index contributed by atoms with van der Waals surface area (Å²) in [4.78, 5) is 0. The maximum Gasteiger partial charge on any atom is 0.187 e. The van der Waals surface area contributed by atoms with E-state index in [1.807, 2.05) is 24.3 Å². The Morgan fingerprint density at radius 2 is 2.15 bits per heavy atom. The fourth-order valence-corrected chi connectivity index (χ4v) is 1.49. The maximum atomic E-state index is 5.59. The fraction of sp³-hybridized carbons (Fsp3) is 0.333. The van der Waals surface area contributed by atoms with Crippen LogP contribution in [0.15, 0.2) is 42.0 Å². The Balaban J connectivity index is 2.36. The summed E-state index contributed by atoms with van der Waals surface area (Å²) in [7, 11) is 0. The summed E-state index contributed by atoms with van der Waals surface area (Å²) in [5, 5.41) is 7.44. The molecule has 2 N–H and O–H groups in total. The third-order valence-electron chi connectivity index (χ3n) is 2.43. The van der Waals surface area contributed by atoms with Gasteiger partial charge in [0.15, 0.2) is 5.11 Å². The molecule has 108 valence electrons. The minimum Gasteiger partial charge on any atom is -0.494 e. The van der Waals surface area contributed by atoms with E-state index in [1.165, 1.54) is 0 Å². The molecule has 0 saturated heterocycles. The van der Waals surface area contributed by atoms with E-state index >= 15 is 0 Å². The van der Waals surface area contributed by atoms with E-state index in [1.54, 1.807) is 12.3 Å². The molecule has 1 rings (SSSR count). The van der Waals surface area contributed by atoms with Crippen LogP contribution in [0, 0.1) is 0 Å². The van der Waals surface area contributed by atoms with Crippen LogP contribution >= 0.6 is 12.2 Å². The van der Waals surface area contributed by atoms with Gasteiger partial charge in [-0.3, -0.25) is 5.43 Å². The molecule has 0 fully saturated rings. The number of benzene rings is 1. The van der Waals surface area contributed by atoms with Gasteiger partial charge in [0.05, 0.1) is 12.8 Å². The van der Waals surface area contributed by atoms with Crippen molar-refractivity contribution in [2.45, 2.75) is 19.8 Å². The fourth-order valence-electron chi connectivity index (χ4n) is 1.35. The molecule has 4 nitrogen and oxygen atoms in total. The first-order valence-electron chi connectivity index (χ1n) is 6.67. The standard InChI is InChI=1S/C15H21N3OS/c1-3-5-11-19-14-8-6-13(7-9-14)12-17-18-15(20)16-10-4-2/h4,6-9,12H,2-3,5,10-11H2,1H3,(H2,16,18,20)/b17-12+. The largest absolute Gasteiger partial charge is 0.494 e. The zero-order valence-corrected chi connectivity index (χ0v) is 12.6. The molecule has 1 aromatic rings. The lowest BCUT2D eigenvalue weighted by atomic mass is 10.2. The van der Waals surface area contributed by atoms with Gasteiger partial charge in [-0.25, -0.2) is 0 Å². The Morgan fingerprint density at radius 1 is 1.40 bits per heavy atom. The zero-order valence-electron chi connectivity index (χ0n) is 11.8. The van der Waals surface area contributed by atoms with Gasteiger partial charge in [0.25, 0.3) is 0 Å². The van der Waals surface area contributed by atoms with E-state index in [0.717, 1.165) is 30.8 Å². The first-order chi connectivity index (χ1) is 9.76. The van der Waals surface area contributed by atoms with Gasteiger partial charge in [-0.15, -0.1) is 6.58 Å². The third-order valence-corrected chi connectivity index (χ3v) is 2.67. The molecule has 0 aliphatic rings. The van der Waals surface area contributed by atoms with Gasteiger partial charge < -0.3 is 10.1 Å². The number of ether oxygens (including phenoxy) is 1. The summed E-state index contributed by atoms with van der Waals surface area (Å²) in [5.74, 6) is 0.881. The highest BCUT2D eigenvalue weighted by Crippen LogP contribution is 2.11. The molecule has 0 unspecified atom stereocenters. The highest BCUT2D eigenvalue weighted by atomic mass is 32.1. The molecule has 5 heteroatoms. The lowest BCUT2D eigenvalue weighted by Crippen LogP contribution is -2.31. The summed E-state index contributed by atoms with van der Waals surface area (Å²) < 4.78 is 5.59. The van der Waals surface area contributed by atoms with E-state index < -0.39 is 0 Å². The number of nitrogens with zero attached hydrogens (tertiary/aromatic N) is 1. The molecule has 0 aliphatic heterocycles. The minimum absolute atomic E-state index is 0.473. The molecule has 0 aromatic heterocycles. The topological polar surface area (TPSA) is 45.7 Å². The van der Waals surface area contributed by atoms with Gasteiger partial charge in [0, 0.05) is 6.54 Å². The average Bonchev–Trinajstić information content (AvgIpc) is 2.47. The number of hydrogen-bond acceptors (Lipinski definition) is 3. The summed E-state index contributed by atoms with van der Waals surface area (Å²) >= 11 is 5.01. The number of thiocarbonyl (C=S) groups is 1. The van der Waals surface area contributed by atoms with Crippen molar-refractivity contribution in [1.29, 1.82) is 0 Å².